The predicted octanol–water partition coefficient (Wildman–Crippen LogP) is 3.19. The molecule has 0 radical (unpaired) electrons. The van der Waals surface area contributed by atoms with Gasteiger partial charge in [-0.1, -0.05) is 11.2 Å². The van der Waals surface area contributed by atoms with Crippen molar-refractivity contribution in [1.29, 1.82) is 0 Å². The van der Waals surface area contributed by atoms with E-state index in [9.17, 15) is 18.0 Å². The number of aromatic nitrogens is 1. The van der Waals surface area contributed by atoms with Gasteiger partial charge in [0.1, 0.15) is 24.1 Å². The first-order valence-electron chi connectivity index (χ1n) is 6.21. The highest BCUT2D eigenvalue weighted by molar-refractivity contribution is 5.87. The molecule has 112 valence electrons. The Morgan fingerprint density at radius 1 is 1.38 bits per heavy atom. The molecule has 0 saturated heterocycles. The van der Waals surface area contributed by atoms with Crippen molar-refractivity contribution in [3.05, 3.63) is 52.4 Å². The molecule has 0 fully saturated rings. The van der Waals surface area contributed by atoms with Crippen LogP contribution in [0.3, 0.4) is 0 Å². The lowest BCUT2D eigenvalue weighted by Crippen LogP contribution is -2.04. The molecule has 1 aromatic carbocycles. The molecule has 2 aromatic rings. The van der Waals surface area contributed by atoms with E-state index in [0.717, 1.165) is 6.07 Å². The Kier molecular flexibility index (Phi) is 4.62. The van der Waals surface area contributed by atoms with Gasteiger partial charge in [0.05, 0.1) is 12.2 Å². The van der Waals surface area contributed by atoms with E-state index in [1.807, 2.05) is 0 Å². The normalized spacial score (nSPS) is 10.7. The molecule has 0 unspecified atom stereocenters. The zero-order chi connectivity index (χ0) is 15.4. The highest BCUT2D eigenvalue weighted by Crippen LogP contribution is 2.21. The van der Waals surface area contributed by atoms with Gasteiger partial charge in [-0.05, 0) is 18.6 Å². The number of esters is 1. The number of carbonyl (C=O) groups is 1. The monoisotopic (exact) mass is 299 g/mol. The summed E-state index contributed by atoms with van der Waals surface area (Å²) < 4.78 is 49.3. The molecule has 0 aliphatic carbocycles. The van der Waals surface area contributed by atoms with Crippen LogP contribution in [0.4, 0.5) is 13.2 Å². The Labute approximate surface area is 118 Å². The summed E-state index contributed by atoms with van der Waals surface area (Å²) in [5, 5.41) is 3.50. The molecule has 1 aromatic heterocycles. The zero-order valence-electron chi connectivity index (χ0n) is 11.2. The Morgan fingerprint density at radius 3 is 2.81 bits per heavy atom. The molecule has 0 atom stereocenters. The van der Waals surface area contributed by atoms with E-state index < -0.39 is 29.8 Å². The minimum Gasteiger partial charge on any atom is -0.461 e. The van der Waals surface area contributed by atoms with Gasteiger partial charge in [0.2, 0.25) is 0 Å². The molecule has 1 heterocycles. The number of ether oxygens (including phenoxy) is 1. The van der Waals surface area contributed by atoms with Gasteiger partial charge >= 0.3 is 5.97 Å². The zero-order valence-corrected chi connectivity index (χ0v) is 11.2. The molecule has 2 rings (SSSR count). The summed E-state index contributed by atoms with van der Waals surface area (Å²) in [5.41, 5.74) is -0.617. The van der Waals surface area contributed by atoms with Gasteiger partial charge in [0.15, 0.2) is 5.69 Å². The summed E-state index contributed by atoms with van der Waals surface area (Å²) in [5.74, 6) is -2.37. The van der Waals surface area contributed by atoms with Crippen molar-refractivity contribution in [2.24, 2.45) is 0 Å². The maximum atomic E-state index is 13.9. The molecule has 0 spiro atoms. The van der Waals surface area contributed by atoms with Crippen LogP contribution in [0.2, 0.25) is 0 Å². The lowest BCUT2D eigenvalue weighted by atomic mass is 10.1. The molecule has 0 N–H and O–H groups in total. The minimum absolute atomic E-state index is 0.0416. The Bertz CT molecular complexity index is 655. The lowest BCUT2D eigenvalue weighted by molar-refractivity contribution is 0.0514. The highest BCUT2D eigenvalue weighted by atomic mass is 19.1. The van der Waals surface area contributed by atoms with E-state index in [4.69, 9.17) is 9.26 Å². The Morgan fingerprint density at radius 2 is 2.14 bits per heavy atom. The van der Waals surface area contributed by atoms with Gasteiger partial charge in [0.25, 0.3) is 0 Å². The van der Waals surface area contributed by atoms with Crippen LogP contribution in [0.1, 0.15) is 34.3 Å². The van der Waals surface area contributed by atoms with E-state index in [-0.39, 0.29) is 30.0 Å². The number of benzene rings is 1. The van der Waals surface area contributed by atoms with Crippen molar-refractivity contribution in [2.75, 3.05) is 6.61 Å². The number of hydrogen-bond donors (Lipinski definition) is 0. The predicted molar refractivity (Wildman–Crippen MR) is 66.4 cm³/mol. The Balaban J connectivity index is 2.21. The summed E-state index contributed by atoms with van der Waals surface area (Å²) in [7, 11) is 0. The van der Waals surface area contributed by atoms with E-state index in [2.05, 4.69) is 5.16 Å². The van der Waals surface area contributed by atoms with Crippen LogP contribution in [0.15, 0.2) is 22.7 Å². The van der Waals surface area contributed by atoms with Crippen LogP contribution < -0.4 is 0 Å². The first-order valence-corrected chi connectivity index (χ1v) is 6.21. The van der Waals surface area contributed by atoms with Crippen molar-refractivity contribution in [3.8, 4) is 0 Å². The fourth-order valence-corrected chi connectivity index (χ4v) is 1.79. The Hall–Kier alpha value is -2.31. The third-order valence-electron chi connectivity index (χ3n) is 2.81. The lowest BCUT2D eigenvalue weighted by Gasteiger charge is -2.05. The molecule has 21 heavy (non-hydrogen) atoms. The second kappa shape index (κ2) is 6.43. The summed E-state index contributed by atoms with van der Waals surface area (Å²) in [6, 6.07) is 3.47. The smallest absolute Gasteiger partial charge is 0.360 e. The van der Waals surface area contributed by atoms with Crippen molar-refractivity contribution >= 4 is 5.97 Å². The highest BCUT2D eigenvalue weighted by Gasteiger charge is 2.17. The van der Waals surface area contributed by atoms with E-state index in [0.29, 0.717) is 0 Å². The van der Waals surface area contributed by atoms with E-state index >= 15 is 0 Å². The molecular weight excluding hydrogens is 287 g/mol. The minimum atomic E-state index is -1.24. The number of alkyl halides is 1. The van der Waals surface area contributed by atoms with Crippen molar-refractivity contribution in [3.63, 3.8) is 0 Å². The largest absolute Gasteiger partial charge is 0.461 e. The topological polar surface area (TPSA) is 52.3 Å². The maximum absolute atomic E-state index is 13.9. The summed E-state index contributed by atoms with van der Waals surface area (Å²) >= 11 is 0. The number of hydrogen-bond acceptors (Lipinski definition) is 4. The van der Waals surface area contributed by atoms with Gasteiger partial charge in [0, 0.05) is 12.5 Å². The standard InChI is InChI=1S/C14H12F3NO3/c1-2-20-14(19)12-6-9(21-18-12)5-8-3-4-11(16)10(7-15)13(8)17/h3-4,6H,2,5,7H2,1H3. The van der Waals surface area contributed by atoms with E-state index in [1.54, 1.807) is 6.92 Å². The van der Waals surface area contributed by atoms with Gasteiger partial charge < -0.3 is 9.26 Å². The summed E-state index contributed by atoms with van der Waals surface area (Å²) in [6.45, 7) is 0.592. The van der Waals surface area contributed by atoms with Crippen LogP contribution in [0.5, 0.6) is 0 Å². The van der Waals surface area contributed by atoms with Gasteiger partial charge in [-0.2, -0.15) is 0 Å². The average Bonchev–Trinajstić information content (AvgIpc) is 2.92. The quantitative estimate of drug-likeness (QED) is 0.796. The number of rotatable bonds is 5. The molecule has 0 saturated carbocycles. The molecule has 0 aliphatic rings. The fraction of sp³-hybridized carbons (Fsp3) is 0.286. The average molecular weight is 299 g/mol. The molecule has 7 heteroatoms. The van der Waals surface area contributed by atoms with Crippen molar-refractivity contribution in [2.45, 2.75) is 20.0 Å². The molecule has 0 aliphatic heterocycles. The number of carbonyl (C=O) groups excluding carboxylic acids is 1. The van der Waals surface area contributed by atoms with Crippen LogP contribution in [-0.2, 0) is 17.8 Å². The van der Waals surface area contributed by atoms with Crippen molar-refractivity contribution in [1.82, 2.24) is 5.16 Å². The van der Waals surface area contributed by atoms with Crippen LogP contribution in [0.25, 0.3) is 0 Å². The van der Waals surface area contributed by atoms with E-state index in [1.165, 1.54) is 12.1 Å². The van der Waals surface area contributed by atoms with Gasteiger partial charge in [-0.15, -0.1) is 0 Å². The fourth-order valence-electron chi connectivity index (χ4n) is 1.79. The van der Waals surface area contributed by atoms with Crippen LogP contribution >= 0.6 is 0 Å². The molecule has 4 nitrogen and oxygen atoms in total. The second-order valence-electron chi connectivity index (χ2n) is 4.21. The number of halogens is 3. The molecule has 0 bridgehead atoms. The third kappa shape index (κ3) is 3.24. The first-order chi connectivity index (χ1) is 10.1. The van der Waals surface area contributed by atoms with Crippen LogP contribution in [-0.4, -0.2) is 17.7 Å². The first kappa shape index (κ1) is 15.1. The summed E-state index contributed by atoms with van der Waals surface area (Å²) in [4.78, 5) is 11.4. The van der Waals surface area contributed by atoms with Gasteiger partial charge in [-0.3, -0.25) is 0 Å². The number of nitrogens with zero attached hydrogens (tertiary/aromatic N) is 1. The SMILES string of the molecule is CCOC(=O)c1cc(Cc2ccc(F)c(CF)c2F)on1. The second-order valence-corrected chi connectivity index (χ2v) is 4.21. The summed E-state index contributed by atoms with van der Waals surface area (Å²) in [6.07, 6.45) is -0.0779. The molecule has 0 amide bonds. The maximum Gasteiger partial charge on any atom is 0.360 e. The van der Waals surface area contributed by atoms with Crippen LogP contribution in [0, 0.1) is 11.6 Å². The van der Waals surface area contributed by atoms with Gasteiger partial charge in [-0.25, -0.2) is 18.0 Å². The molecular formula is C14H12F3NO3. The van der Waals surface area contributed by atoms with Crippen molar-refractivity contribution < 1.29 is 27.2 Å². The third-order valence-corrected chi connectivity index (χ3v) is 2.81.